The highest BCUT2D eigenvalue weighted by atomic mass is 32.2. The summed E-state index contributed by atoms with van der Waals surface area (Å²) in [5.41, 5.74) is 0.270. The van der Waals surface area contributed by atoms with Gasteiger partial charge in [-0.2, -0.15) is 4.31 Å². The van der Waals surface area contributed by atoms with E-state index in [2.05, 4.69) is 5.32 Å². The van der Waals surface area contributed by atoms with Gasteiger partial charge in [-0.05, 0) is 43.3 Å². The Balaban J connectivity index is 1.47. The quantitative estimate of drug-likeness (QED) is 0.768. The summed E-state index contributed by atoms with van der Waals surface area (Å²) in [5.74, 6) is -2.66. The van der Waals surface area contributed by atoms with E-state index < -0.39 is 33.7 Å². The fourth-order valence-corrected chi connectivity index (χ4v) is 4.89. The molecule has 1 N–H and O–H groups in total. The zero-order valence-corrected chi connectivity index (χ0v) is 17.3. The highest BCUT2D eigenvalue weighted by molar-refractivity contribution is 7.89. The number of benzene rings is 2. The van der Waals surface area contributed by atoms with Crippen LogP contribution in [0.5, 0.6) is 5.75 Å². The molecule has 1 saturated heterocycles. The zero-order chi connectivity index (χ0) is 22.3. The van der Waals surface area contributed by atoms with Gasteiger partial charge in [-0.3, -0.25) is 9.59 Å². The van der Waals surface area contributed by atoms with Crippen LogP contribution < -0.4 is 10.1 Å². The normalized spacial score (nSPS) is 19.4. The van der Waals surface area contributed by atoms with E-state index in [-0.39, 0.29) is 48.2 Å². The monoisotopic (exact) mass is 451 g/mol. The van der Waals surface area contributed by atoms with Gasteiger partial charge in [0.1, 0.15) is 5.75 Å². The first-order chi connectivity index (χ1) is 14.7. The van der Waals surface area contributed by atoms with E-state index >= 15 is 0 Å². The number of fused-ring (bicyclic) bond motifs is 1. The minimum absolute atomic E-state index is 0.00476. The molecule has 0 aromatic heterocycles. The van der Waals surface area contributed by atoms with Crippen molar-refractivity contribution in [3.63, 3.8) is 0 Å². The summed E-state index contributed by atoms with van der Waals surface area (Å²) in [6, 6.07) is 7.12. The van der Waals surface area contributed by atoms with E-state index in [1.165, 1.54) is 33.5 Å². The molecule has 2 heterocycles. The van der Waals surface area contributed by atoms with Gasteiger partial charge in [0.05, 0.1) is 10.6 Å². The fraction of sp³-hybridized carbons (Fsp3) is 0.300. The Morgan fingerprint density at radius 3 is 2.45 bits per heavy atom. The van der Waals surface area contributed by atoms with Crippen LogP contribution in [0.3, 0.4) is 0 Å². The Morgan fingerprint density at radius 1 is 1.06 bits per heavy atom. The lowest BCUT2D eigenvalue weighted by atomic mass is 10.1. The van der Waals surface area contributed by atoms with Crippen LogP contribution in [-0.2, 0) is 14.8 Å². The number of piperazine rings is 1. The third-order valence-corrected chi connectivity index (χ3v) is 7.11. The average Bonchev–Trinajstić information content (AvgIpc) is 2.75. The molecule has 11 heteroatoms. The number of carbonyl (C=O) groups is 2. The first-order valence-corrected chi connectivity index (χ1v) is 11.0. The standard InChI is InChI=1S/C20H19F2N3O5S/c1-12-19(26)23-17-11-14(3-5-18(17)30-12)31(28,29)25-8-6-24(7-9-25)20(27)13-2-4-15(21)16(22)10-13/h2-5,10-12H,6-9H2,1H3,(H,23,26). The molecule has 164 valence electrons. The molecule has 31 heavy (non-hydrogen) atoms. The molecule has 1 unspecified atom stereocenters. The molecule has 0 bridgehead atoms. The number of hydrogen-bond donors (Lipinski definition) is 1. The van der Waals surface area contributed by atoms with E-state index in [1.54, 1.807) is 6.92 Å². The van der Waals surface area contributed by atoms with Crippen LogP contribution in [0.4, 0.5) is 14.5 Å². The zero-order valence-electron chi connectivity index (χ0n) is 16.5. The molecule has 2 amide bonds. The van der Waals surface area contributed by atoms with Gasteiger partial charge < -0.3 is 15.0 Å². The summed E-state index contributed by atoms with van der Waals surface area (Å²) in [6.45, 7) is 1.85. The number of ether oxygens (including phenoxy) is 1. The van der Waals surface area contributed by atoms with Gasteiger partial charge in [0, 0.05) is 31.7 Å². The molecule has 0 saturated carbocycles. The fourth-order valence-electron chi connectivity index (χ4n) is 3.44. The molecule has 4 rings (SSSR count). The number of hydrogen-bond acceptors (Lipinski definition) is 5. The average molecular weight is 451 g/mol. The molecule has 1 fully saturated rings. The Labute approximate surface area is 177 Å². The molecule has 2 aliphatic heterocycles. The van der Waals surface area contributed by atoms with Crippen molar-refractivity contribution in [2.75, 3.05) is 31.5 Å². The number of amides is 2. The summed E-state index contributed by atoms with van der Waals surface area (Å²) in [6.07, 6.45) is -0.671. The molecule has 8 nitrogen and oxygen atoms in total. The number of halogens is 2. The molecular weight excluding hydrogens is 432 g/mol. The predicted molar refractivity (Wildman–Crippen MR) is 106 cm³/mol. The van der Waals surface area contributed by atoms with Gasteiger partial charge in [-0.15, -0.1) is 0 Å². The van der Waals surface area contributed by atoms with Crippen molar-refractivity contribution in [1.29, 1.82) is 0 Å². The van der Waals surface area contributed by atoms with Crippen LogP contribution in [0.1, 0.15) is 17.3 Å². The number of anilines is 1. The largest absolute Gasteiger partial charge is 0.479 e. The first-order valence-electron chi connectivity index (χ1n) is 9.53. The Hall–Kier alpha value is -3.05. The van der Waals surface area contributed by atoms with Crippen molar-refractivity contribution < 1.29 is 31.5 Å². The van der Waals surface area contributed by atoms with Gasteiger partial charge in [0.15, 0.2) is 17.7 Å². The van der Waals surface area contributed by atoms with E-state index in [9.17, 15) is 26.8 Å². The minimum atomic E-state index is -3.87. The maximum atomic E-state index is 13.4. The lowest BCUT2D eigenvalue weighted by Gasteiger charge is -2.34. The molecule has 0 spiro atoms. The van der Waals surface area contributed by atoms with Crippen LogP contribution in [0.2, 0.25) is 0 Å². The van der Waals surface area contributed by atoms with Crippen LogP contribution >= 0.6 is 0 Å². The SMILES string of the molecule is CC1Oc2ccc(S(=O)(=O)N3CCN(C(=O)c4ccc(F)c(F)c4)CC3)cc2NC1=O. The van der Waals surface area contributed by atoms with E-state index in [0.29, 0.717) is 5.75 Å². The minimum Gasteiger partial charge on any atom is -0.479 e. The summed E-state index contributed by atoms with van der Waals surface area (Å²) in [4.78, 5) is 25.7. The second-order valence-electron chi connectivity index (χ2n) is 7.23. The number of nitrogens with one attached hydrogen (secondary N) is 1. The molecule has 2 aromatic carbocycles. The van der Waals surface area contributed by atoms with Crippen LogP contribution in [-0.4, -0.2) is 61.7 Å². The van der Waals surface area contributed by atoms with E-state index in [4.69, 9.17) is 4.74 Å². The molecule has 2 aromatic rings. The third kappa shape index (κ3) is 3.98. The highest BCUT2D eigenvalue weighted by Gasteiger charge is 2.32. The van der Waals surface area contributed by atoms with E-state index in [0.717, 1.165) is 12.1 Å². The van der Waals surface area contributed by atoms with Gasteiger partial charge in [0.25, 0.3) is 11.8 Å². The van der Waals surface area contributed by atoms with Crippen molar-refractivity contribution in [2.24, 2.45) is 0 Å². The van der Waals surface area contributed by atoms with Crippen LogP contribution in [0.15, 0.2) is 41.3 Å². The molecule has 0 radical (unpaired) electrons. The van der Waals surface area contributed by atoms with Crippen molar-refractivity contribution in [3.05, 3.63) is 53.6 Å². The Morgan fingerprint density at radius 2 is 1.77 bits per heavy atom. The predicted octanol–water partition coefficient (Wildman–Crippen LogP) is 1.83. The lowest BCUT2D eigenvalue weighted by Crippen LogP contribution is -2.50. The second-order valence-corrected chi connectivity index (χ2v) is 9.17. The van der Waals surface area contributed by atoms with Gasteiger partial charge in [-0.25, -0.2) is 17.2 Å². The number of nitrogens with zero attached hydrogens (tertiary/aromatic N) is 2. The van der Waals surface area contributed by atoms with Gasteiger partial charge in [-0.1, -0.05) is 0 Å². The Kier molecular flexibility index (Phi) is 5.40. The van der Waals surface area contributed by atoms with Gasteiger partial charge in [0.2, 0.25) is 10.0 Å². The van der Waals surface area contributed by atoms with Crippen molar-refractivity contribution >= 4 is 27.5 Å². The molecule has 2 aliphatic rings. The summed E-state index contributed by atoms with van der Waals surface area (Å²) >= 11 is 0. The van der Waals surface area contributed by atoms with Crippen LogP contribution in [0, 0.1) is 11.6 Å². The smallest absolute Gasteiger partial charge is 0.265 e. The maximum absolute atomic E-state index is 13.4. The number of rotatable bonds is 3. The third-order valence-electron chi connectivity index (χ3n) is 5.21. The molecule has 0 aliphatic carbocycles. The second kappa shape index (κ2) is 7.89. The number of carbonyl (C=O) groups excluding carboxylic acids is 2. The highest BCUT2D eigenvalue weighted by Crippen LogP contribution is 2.33. The number of sulfonamides is 1. The van der Waals surface area contributed by atoms with Crippen molar-refractivity contribution in [2.45, 2.75) is 17.9 Å². The summed E-state index contributed by atoms with van der Waals surface area (Å²) < 4.78 is 59.2. The Bertz CT molecular complexity index is 1160. The van der Waals surface area contributed by atoms with Crippen molar-refractivity contribution in [3.8, 4) is 5.75 Å². The van der Waals surface area contributed by atoms with Crippen LogP contribution in [0.25, 0.3) is 0 Å². The topological polar surface area (TPSA) is 96.0 Å². The van der Waals surface area contributed by atoms with Gasteiger partial charge >= 0.3 is 0 Å². The van der Waals surface area contributed by atoms with Crippen molar-refractivity contribution in [1.82, 2.24) is 9.21 Å². The summed E-state index contributed by atoms with van der Waals surface area (Å²) in [5, 5.41) is 2.62. The maximum Gasteiger partial charge on any atom is 0.265 e. The molecule has 1 atom stereocenters. The van der Waals surface area contributed by atoms with E-state index in [1.807, 2.05) is 0 Å². The first kappa shape index (κ1) is 21.2. The molecular formula is C20H19F2N3O5S. The summed E-state index contributed by atoms with van der Waals surface area (Å²) in [7, 11) is -3.87. The lowest BCUT2D eigenvalue weighted by molar-refractivity contribution is -0.122.